The van der Waals surface area contributed by atoms with E-state index in [2.05, 4.69) is 5.32 Å². The molecule has 0 aliphatic rings. The van der Waals surface area contributed by atoms with E-state index in [1.807, 2.05) is 26.0 Å². The van der Waals surface area contributed by atoms with Crippen LogP contribution in [0.1, 0.15) is 11.1 Å². The molecule has 0 aliphatic carbocycles. The largest absolute Gasteiger partial charge is 0.484 e. The molecule has 1 N–H and O–H groups in total. The van der Waals surface area contributed by atoms with Crippen LogP contribution in [0.5, 0.6) is 5.75 Å². The van der Waals surface area contributed by atoms with Gasteiger partial charge in [-0.1, -0.05) is 12.1 Å². The Morgan fingerprint density at radius 1 is 1.15 bits per heavy atom. The maximum absolute atomic E-state index is 12.2. The predicted molar refractivity (Wildman–Crippen MR) is 101 cm³/mol. The number of nitrogens with one attached hydrogen (secondary N) is 1. The van der Waals surface area contributed by atoms with Gasteiger partial charge in [-0.15, -0.1) is 0 Å². The van der Waals surface area contributed by atoms with Crippen molar-refractivity contribution in [3.05, 3.63) is 63.7 Å². The molecule has 0 atom stereocenters. The van der Waals surface area contributed by atoms with Gasteiger partial charge in [-0.2, -0.15) is 0 Å². The summed E-state index contributed by atoms with van der Waals surface area (Å²) in [6.07, 6.45) is 0. The zero-order chi connectivity index (χ0) is 20.0. The van der Waals surface area contributed by atoms with Crippen LogP contribution in [0.3, 0.4) is 0 Å². The van der Waals surface area contributed by atoms with Crippen molar-refractivity contribution in [2.45, 2.75) is 13.8 Å². The van der Waals surface area contributed by atoms with Crippen molar-refractivity contribution in [3.8, 4) is 5.75 Å². The van der Waals surface area contributed by atoms with Crippen LogP contribution >= 0.6 is 0 Å². The summed E-state index contributed by atoms with van der Waals surface area (Å²) in [7, 11) is 1.50. The Morgan fingerprint density at radius 2 is 1.81 bits per heavy atom. The first-order chi connectivity index (χ1) is 12.8. The molecular formula is C19H21N3O5. The number of amides is 2. The Balaban J connectivity index is 1.84. The Kier molecular flexibility index (Phi) is 6.48. The van der Waals surface area contributed by atoms with E-state index in [9.17, 15) is 19.7 Å². The van der Waals surface area contributed by atoms with Crippen LogP contribution in [-0.4, -0.2) is 41.8 Å². The van der Waals surface area contributed by atoms with Crippen molar-refractivity contribution in [1.82, 2.24) is 4.90 Å². The summed E-state index contributed by atoms with van der Waals surface area (Å²) >= 11 is 0. The molecule has 2 amide bonds. The number of nitro groups is 1. The smallest absolute Gasteiger partial charge is 0.269 e. The van der Waals surface area contributed by atoms with Gasteiger partial charge in [-0.25, -0.2) is 0 Å². The molecule has 0 saturated carbocycles. The summed E-state index contributed by atoms with van der Waals surface area (Å²) in [6, 6.07) is 11.0. The first-order valence-corrected chi connectivity index (χ1v) is 8.25. The highest BCUT2D eigenvalue weighted by Gasteiger charge is 2.15. The van der Waals surface area contributed by atoms with Crippen molar-refractivity contribution in [3.63, 3.8) is 0 Å². The maximum Gasteiger partial charge on any atom is 0.269 e. The average Bonchev–Trinajstić information content (AvgIpc) is 2.63. The lowest BCUT2D eigenvalue weighted by Crippen LogP contribution is -2.37. The summed E-state index contributed by atoms with van der Waals surface area (Å²) in [5, 5.41) is 13.4. The van der Waals surface area contributed by atoms with Gasteiger partial charge in [0.15, 0.2) is 6.61 Å². The van der Waals surface area contributed by atoms with Crippen LogP contribution in [0, 0.1) is 24.0 Å². The van der Waals surface area contributed by atoms with Crippen LogP contribution in [0.25, 0.3) is 0 Å². The van der Waals surface area contributed by atoms with Crippen LogP contribution in [-0.2, 0) is 9.59 Å². The number of nitrogens with zero attached hydrogens (tertiary/aromatic N) is 2. The molecule has 0 radical (unpaired) electrons. The number of nitro benzene ring substituents is 1. The summed E-state index contributed by atoms with van der Waals surface area (Å²) in [4.78, 5) is 35.6. The number of carbonyl (C=O) groups is 2. The SMILES string of the molecule is Cc1cccc(NC(=O)CN(C)C(=O)COc2ccc([N+](=O)[O-])cc2)c1C. The molecule has 8 nitrogen and oxygen atoms in total. The highest BCUT2D eigenvalue weighted by Crippen LogP contribution is 2.18. The molecule has 142 valence electrons. The van der Waals surface area contributed by atoms with E-state index in [4.69, 9.17) is 4.74 Å². The predicted octanol–water partition coefficient (Wildman–Crippen LogP) is 2.69. The lowest BCUT2D eigenvalue weighted by Gasteiger charge is -2.18. The number of benzene rings is 2. The molecule has 0 aromatic heterocycles. The zero-order valence-corrected chi connectivity index (χ0v) is 15.4. The molecular weight excluding hydrogens is 350 g/mol. The average molecular weight is 371 g/mol. The van der Waals surface area contributed by atoms with Gasteiger partial charge in [-0.05, 0) is 43.2 Å². The number of likely N-dealkylation sites (N-methyl/N-ethyl adjacent to an activating group) is 1. The number of hydrogen-bond acceptors (Lipinski definition) is 5. The molecule has 0 aliphatic heterocycles. The quantitative estimate of drug-likeness (QED) is 0.595. The number of rotatable bonds is 7. The minimum absolute atomic E-state index is 0.0612. The highest BCUT2D eigenvalue weighted by molar-refractivity contribution is 5.95. The summed E-state index contributed by atoms with van der Waals surface area (Å²) in [5.74, 6) is -0.360. The van der Waals surface area contributed by atoms with Crippen molar-refractivity contribution < 1.29 is 19.2 Å². The fourth-order valence-electron chi connectivity index (χ4n) is 2.30. The van der Waals surface area contributed by atoms with Gasteiger partial charge in [0.1, 0.15) is 5.75 Å². The maximum atomic E-state index is 12.2. The number of carbonyl (C=O) groups excluding carboxylic acids is 2. The zero-order valence-electron chi connectivity index (χ0n) is 15.4. The first kappa shape index (κ1) is 19.9. The molecule has 0 bridgehead atoms. The Hall–Kier alpha value is -3.42. The molecule has 0 heterocycles. The number of aryl methyl sites for hydroxylation is 1. The molecule has 0 fully saturated rings. The van der Waals surface area contributed by atoms with Crippen LogP contribution in [0.15, 0.2) is 42.5 Å². The molecule has 0 spiro atoms. The summed E-state index contributed by atoms with van der Waals surface area (Å²) < 4.78 is 5.31. The van der Waals surface area contributed by atoms with Crippen molar-refractivity contribution in [2.24, 2.45) is 0 Å². The summed E-state index contributed by atoms with van der Waals surface area (Å²) in [5.41, 5.74) is 2.69. The fraction of sp³-hybridized carbons (Fsp3) is 0.263. The number of ether oxygens (including phenoxy) is 1. The minimum Gasteiger partial charge on any atom is -0.484 e. The Morgan fingerprint density at radius 3 is 2.44 bits per heavy atom. The number of anilines is 1. The molecule has 2 rings (SSSR count). The van der Waals surface area contributed by atoms with Crippen molar-refractivity contribution >= 4 is 23.2 Å². The Bertz CT molecular complexity index is 849. The second-order valence-corrected chi connectivity index (χ2v) is 6.09. The minimum atomic E-state index is -0.517. The van der Waals surface area contributed by atoms with Crippen LogP contribution < -0.4 is 10.1 Å². The molecule has 2 aromatic rings. The van der Waals surface area contributed by atoms with Crippen molar-refractivity contribution in [2.75, 3.05) is 25.5 Å². The Labute approximate surface area is 156 Å². The molecule has 0 saturated heterocycles. The third-order valence-corrected chi connectivity index (χ3v) is 4.10. The lowest BCUT2D eigenvalue weighted by molar-refractivity contribution is -0.384. The van der Waals surface area contributed by atoms with Gasteiger partial charge in [0.2, 0.25) is 5.91 Å². The van der Waals surface area contributed by atoms with E-state index in [0.29, 0.717) is 11.4 Å². The van der Waals surface area contributed by atoms with E-state index >= 15 is 0 Å². The monoisotopic (exact) mass is 371 g/mol. The van der Waals surface area contributed by atoms with Gasteiger partial charge in [0, 0.05) is 24.9 Å². The van der Waals surface area contributed by atoms with E-state index in [1.54, 1.807) is 6.07 Å². The van der Waals surface area contributed by atoms with E-state index in [1.165, 1.54) is 36.2 Å². The molecule has 27 heavy (non-hydrogen) atoms. The van der Waals surface area contributed by atoms with Gasteiger partial charge < -0.3 is 15.0 Å². The number of hydrogen-bond donors (Lipinski definition) is 1. The normalized spacial score (nSPS) is 10.2. The van der Waals surface area contributed by atoms with E-state index in [-0.39, 0.29) is 30.7 Å². The van der Waals surface area contributed by atoms with E-state index < -0.39 is 4.92 Å². The van der Waals surface area contributed by atoms with Crippen molar-refractivity contribution in [1.29, 1.82) is 0 Å². The second-order valence-electron chi connectivity index (χ2n) is 6.09. The third kappa shape index (κ3) is 5.53. The third-order valence-electron chi connectivity index (χ3n) is 4.10. The molecule has 0 unspecified atom stereocenters. The van der Waals surface area contributed by atoms with Gasteiger partial charge in [0.05, 0.1) is 11.5 Å². The van der Waals surface area contributed by atoms with Crippen LogP contribution in [0.4, 0.5) is 11.4 Å². The first-order valence-electron chi connectivity index (χ1n) is 8.25. The number of non-ortho nitro benzene ring substituents is 1. The lowest BCUT2D eigenvalue weighted by atomic mass is 10.1. The van der Waals surface area contributed by atoms with Gasteiger partial charge in [0.25, 0.3) is 11.6 Å². The standard InChI is InChI=1S/C19H21N3O5/c1-13-5-4-6-17(14(13)2)20-18(23)11-21(3)19(24)12-27-16-9-7-15(8-10-16)22(25)26/h4-10H,11-12H2,1-3H3,(H,20,23). The molecule has 2 aromatic carbocycles. The molecule has 8 heteroatoms. The fourth-order valence-corrected chi connectivity index (χ4v) is 2.30. The van der Waals surface area contributed by atoms with Crippen LogP contribution in [0.2, 0.25) is 0 Å². The summed E-state index contributed by atoms with van der Waals surface area (Å²) in [6.45, 7) is 3.48. The van der Waals surface area contributed by atoms with Gasteiger partial charge in [-0.3, -0.25) is 19.7 Å². The highest BCUT2D eigenvalue weighted by atomic mass is 16.6. The topological polar surface area (TPSA) is 102 Å². The van der Waals surface area contributed by atoms with E-state index in [0.717, 1.165) is 11.1 Å². The van der Waals surface area contributed by atoms with Gasteiger partial charge >= 0.3 is 0 Å². The second kappa shape index (κ2) is 8.79.